The molecule has 116 valence electrons. The molecule has 3 rings (SSSR count). The van der Waals surface area contributed by atoms with Gasteiger partial charge in [0, 0.05) is 11.5 Å². The van der Waals surface area contributed by atoms with E-state index in [9.17, 15) is 0 Å². The van der Waals surface area contributed by atoms with Gasteiger partial charge in [-0.1, -0.05) is 11.8 Å². The highest BCUT2D eigenvalue weighted by atomic mass is 32.2. The van der Waals surface area contributed by atoms with E-state index >= 15 is 0 Å². The van der Waals surface area contributed by atoms with Crippen LogP contribution in [0.4, 0.5) is 11.5 Å². The lowest BCUT2D eigenvalue weighted by Crippen LogP contribution is -1.99. The van der Waals surface area contributed by atoms with Crippen LogP contribution < -0.4 is 11.5 Å². The monoisotopic (exact) mass is 326 g/mol. The van der Waals surface area contributed by atoms with Crippen molar-refractivity contribution >= 4 is 34.2 Å². The van der Waals surface area contributed by atoms with Crippen LogP contribution in [-0.4, -0.2) is 15.0 Å². The number of aryl methyl sites for hydroxylation is 1. The van der Waals surface area contributed by atoms with E-state index < -0.39 is 0 Å². The first-order valence-electron chi connectivity index (χ1n) is 6.83. The second kappa shape index (κ2) is 5.78. The summed E-state index contributed by atoms with van der Waals surface area (Å²) in [6.45, 7) is 3.79. The Balaban J connectivity index is 1.91. The second-order valence-corrected chi connectivity index (χ2v) is 6.32. The summed E-state index contributed by atoms with van der Waals surface area (Å²) in [5.41, 5.74) is 14.0. The molecule has 0 saturated carbocycles. The van der Waals surface area contributed by atoms with Crippen LogP contribution in [0.5, 0.6) is 0 Å². The molecule has 0 bridgehead atoms. The van der Waals surface area contributed by atoms with Gasteiger partial charge in [-0.2, -0.15) is 5.26 Å². The molecule has 0 radical (unpaired) electrons. The molecule has 0 saturated heterocycles. The van der Waals surface area contributed by atoms with E-state index in [0.717, 1.165) is 11.1 Å². The van der Waals surface area contributed by atoms with Crippen molar-refractivity contribution in [3.63, 3.8) is 0 Å². The summed E-state index contributed by atoms with van der Waals surface area (Å²) in [6.07, 6.45) is 1.66. The van der Waals surface area contributed by atoms with Crippen molar-refractivity contribution in [2.45, 2.75) is 24.3 Å². The SMILES string of the molecule is Cc1oc2cnc(C(C)Sc3nc(N)cc(C#N)n3)cc2c1N. The summed E-state index contributed by atoms with van der Waals surface area (Å²) < 4.78 is 5.53. The number of anilines is 2. The third-order valence-electron chi connectivity index (χ3n) is 3.36. The highest BCUT2D eigenvalue weighted by Crippen LogP contribution is 2.35. The van der Waals surface area contributed by atoms with Crippen molar-refractivity contribution in [3.05, 3.63) is 35.5 Å². The Bertz CT molecular complexity index is 930. The van der Waals surface area contributed by atoms with Gasteiger partial charge in [0.25, 0.3) is 0 Å². The van der Waals surface area contributed by atoms with Gasteiger partial charge in [0.15, 0.2) is 10.7 Å². The summed E-state index contributed by atoms with van der Waals surface area (Å²) in [5, 5.41) is 10.2. The fourth-order valence-corrected chi connectivity index (χ4v) is 3.03. The van der Waals surface area contributed by atoms with Gasteiger partial charge < -0.3 is 15.9 Å². The quantitative estimate of drug-likeness (QED) is 0.555. The lowest BCUT2D eigenvalue weighted by molar-refractivity contribution is 0.579. The molecule has 23 heavy (non-hydrogen) atoms. The molecule has 3 aromatic heterocycles. The molecule has 7 nitrogen and oxygen atoms in total. The van der Waals surface area contributed by atoms with Gasteiger partial charge in [-0.15, -0.1) is 0 Å². The number of thioether (sulfide) groups is 1. The van der Waals surface area contributed by atoms with Crippen molar-refractivity contribution in [1.82, 2.24) is 15.0 Å². The first-order valence-corrected chi connectivity index (χ1v) is 7.71. The first-order chi connectivity index (χ1) is 11.0. The predicted molar refractivity (Wildman–Crippen MR) is 88.6 cm³/mol. The van der Waals surface area contributed by atoms with Crippen LogP contribution in [-0.2, 0) is 0 Å². The van der Waals surface area contributed by atoms with E-state index in [2.05, 4.69) is 15.0 Å². The van der Waals surface area contributed by atoms with E-state index in [1.54, 1.807) is 6.20 Å². The summed E-state index contributed by atoms with van der Waals surface area (Å²) in [4.78, 5) is 12.7. The fourth-order valence-electron chi connectivity index (χ4n) is 2.15. The highest BCUT2D eigenvalue weighted by Gasteiger charge is 2.15. The number of nitrogens with zero attached hydrogens (tertiary/aromatic N) is 4. The zero-order valence-electron chi connectivity index (χ0n) is 12.6. The molecule has 0 aliphatic carbocycles. The standard InChI is InChI=1S/C15H14N6OS/c1-7-14(18)10-4-11(19-6-12(10)22-7)8(2)23-15-20-9(5-16)3-13(17)21-15/h3-4,6,8H,18H2,1-2H3,(H2,17,20,21). The molecule has 0 spiro atoms. The van der Waals surface area contributed by atoms with E-state index in [0.29, 0.717) is 22.2 Å². The van der Waals surface area contributed by atoms with Gasteiger partial charge in [-0.3, -0.25) is 4.98 Å². The van der Waals surface area contributed by atoms with Crippen molar-refractivity contribution in [1.29, 1.82) is 5.26 Å². The van der Waals surface area contributed by atoms with E-state index in [4.69, 9.17) is 21.1 Å². The zero-order valence-corrected chi connectivity index (χ0v) is 13.4. The molecular formula is C15H14N6OS. The number of fused-ring (bicyclic) bond motifs is 1. The summed E-state index contributed by atoms with van der Waals surface area (Å²) >= 11 is 1.37. The number of furan rings is 1. The van der Waals surface area contributed by atoms with Crippen molar-refractivity contribution < 1.29 is 4.42 Å². The molecule has 4 N–H and O–H groups in total. The third-order valence-corrected chi connectivity index (χ3v) is 4.35. The van der Waals surface area contributed by atoms with Crippen LogP contribution in [0.1, 0.15) is 29.3 Å². The van der Waals surface area contributed by atoms with Crippen LogP contribution in [0.15, 0.2) is 27.9 Å². The smallest absolute Gasteiger partial charge is 0.191 e. The Morgan fingerprint density at radius 2 is 2.09 bits per heavy atom. The molecule has 0 fully saturated rings. The lowest BCUT2D eigenvalue weighted by atomic mass is 10.2. The summed E-state index contributed by atoms with van der Waals surface area (Å²) in [7, 11) is 0. The average Bonchev–Trinajstić information content (AvgIpc) is 2.81. The maximum atomic E-state index is 8.95. The Morgan fingerprint density at radius 1 is 1.30 bits per heavy atom. The zero-order chi connectivity index (χ0) is 16.6. The number of nitrogen functional groups attached to an aromatic ring is 2. The van der Waals surface area contributed by atoms with E-state index in [1.807, 2.05) is 26.0 Å². The van der Waals surface area contributed by atoms with Gasteiger partial charge >= 0.3 is 0 Å². The van der Waals surface area contributed by atoms with Crippen molar-refractivity contribution in [3.8, 4) is 6.07 Å². The molecule has 0 aromatic carbocycles. The van der Waals surface area contributed by atoms with Gasteiger partial charge in [0.05, 0.1) is 22.8 Å². The Labute approximate surface area is 136 Å². The van der Waals surface area contributed by atoms with Gasteiger partial charge in [0.2, 0.25) is 0 Å². The minimum Gasteiger partial charge on any atom is -0.458 e. The number of aromatic nitrogens is 3. The minimum absolute atomic E-state index is 0.0395. The van der Waals surface area contributed by atoms with Crippen molar-refractivity contribution in [2.75, 3.05) is 11.5 Å². The van der Waals surface area contributed by atoms with Gasteiger partial charge in [-0.25, -0.2) is 9.97 Å². The maximum Gasteiger partial charge on any atom is 0.191 e. The number of nitrogens with two attached hydrogens (primary N) is 2. The molecule has 0 aliphatic rings. The highest BCUT2D eigenvalue weighted by molar-refractivity contribution is 7.99. The van der Waals surface area contributed by atoms with Crippen molar-refractivity contribution in [2.24, 2.45) is 0 Å². The lowest BCUT2D eigenvalue weighted by Gasteiger charge is -2.10. The van der Waals surface area contributed by atoms with Gasteiger partial charge in [0.1, 0.15) is 23.3 Å². The Morgan fingerprint density at radius 3 is 2.83 bits per heavy atom. The topological polar surface area (TPSA) is 128 Å². The van der Waals surface area contributed by atoms with E-state index in [-0.39, 0.29) is 16.8 Å². The number of pyridine rings is 1. The second-order valence-electron chi connectivity index (χ2n) is 5.01. The van der Waals surface area contributed by atoms with Crippen LogP contribution in [0.25, 0.3) is 11.0 Å². The Hall–Kier alpha value is -2.79. The number of hydrogen-bond acceptors (Lipinski definition) is 8. The molecular weight excluding hydrogens is 312 g/mol. The van der Waals surface area contributed by atoms with Crippen LogP contribution in [0, 0.1) is 18.3 Å². The molecule has 3 heterocycles. The average molecular weight is 326 g/mol. The maximum absolute atomic E-state index is 8.95. The Kier molecular flexibility index (Phi) is 3.80. The first kappa shape index (κ1) is 15.1. The largest absolute Gasteiger partial charge is 0.458 e. The van der Waals surface area contributed by atoms with Crippen LogP contribution in [0.2, 0.25) is 0 Å². The number of nitriles is 1. The summed E-state index contributed by atoms with van der Waals surface area (Å²) in [5.74, 6) is 0.946. The van der Waals surface area contributed by atoms with Crippen LogP contribution in [0.3, 0.4) is 0 Å². The molecule has 1 atom stereocenters. The van der Waals surface area contributed by atoms with Crippen LogP contribution >= 0.6 is 11.8 Å². The molecule has 8 heteroatoms. The normalized spacial score (nSPS) is 12.2. The molecule has 0 aliphatic heterocycles. The third kappa shape index (κ3) is 2.91. The number of hydrogen-bond donors (Lipinski definition) is 2. The summed E-state index contributed by atoms with van der Waals surface area (Å²) in [6, 6.07) is 5.30. The molecule has 3 aromatic rings. The molecule has 0 amide bonds. The minimum atomic E-state index is -0.0395. The predicted octanol–water partition coefficient (Wildman–Crippen LogP) is 2.82. The fraction of sp³-hybridized carbons (Fsp3) is 0.200. The molecule has 1 unspecified atom stereocenters. The van der Waals surface area contributed by atoms with Gasteiger partial charge in [-0.05, 0) is 19.9 Å². The van der Waals surface area contributed by atoms with E-state index in [1.165, 1.54) is 17.8 Å². The number of rotatable bonds is 3.